The van der Waals surface area contributed by atoms with Crippen LogP contribution in [0.3, 0.4) is 0 Å². The van der Waals surface area contributed by atoms with E-state index in [2.05, 4.69) is 20.0 Å². The van der Waals surface area contributed by atoms with E-state index in [0.29, 0.717) is 23.2 Å². The van der Waals surface area contributed by atoms with Crippen LogP contribution in [0.1, 0.15) is 5.82 Å². The maximum Gasteiger partial charge on any atom is 0.261 e. The third-order valence-electron chi connectivity index (χ3n) is 4.46. The van der Waals surface area contributed by atoms with E-state index in [0.717, 1.165) is 16.5 Å². The Morgan fingerprint density at radius 1 is 0.833 bits per heavy atom. The number of methoxy groups -OCH3 is 1. The van der Waals surface area contributed by atoms with E-state index in [-0.39, 0.29) is 4.90 Å². The van der Waals surface area contributed by atoms with Crippen molar-refractivity contribution in [1.29, 1.82) is 0 Å². The highest BCUT2D eigenvalue weighted by Crippen LogP contribution is 2.24. The molecule has 3 aromatic carbocycles. The standard InChI is InChI=1S/C22H20N4O3S/c1-15-23-21(14-22(24-15)29-2)25-18-8-10-19(11-9-18)26-30(27,28)20-12-7-16-5-3-4-6-17(16)13-20/h3-14,26H,1-2H3,(H,23,24,25). The summed E-state index contributed by atoms with van der Waals surface area (Å²) in [7, 11) is -2.16. The van der Waals surface area contributed by atoms with Crippen LogP contribution in [0.2, 0.25) is 0 Å². The number of ether oxygens (including phenoxy) is 1. The Hall–Kier alpha value is -3.65. The van der Waals surface area contributed by atoms with Gasteiger partial charge in [0.25, 0.3) is 10.0 Å². The van der Waals surface area contributed by atoms with E-state index in [1.54, 1.807) is 62.6 Å². The van der Waals surface area contributed by atoms with Gasteiger partial charge in [-0.1, -0.05) is 30.3 Å². The maximum atomic E-state index is 12.8. The molecule has 0 fully saturated rings. The van der Waals surface area contributed by atoms with Gasteiger partial charge in [0.1, 0.15) is 11.6 Å². The predicted molar refractivity (Wildman–Crippen MR) is 118 cm³/mol. The second-order valence-electron chi connectivity index (χ2n) is 6.66. The van der Waals surface area contributed by atoms with Crippen molar-refractivity contribution >= 4 is 38.0 Å². The molecule has 1 heterocycles. The average Bonchev–Trinajstić information content (AvgIpc) is 2.74. The SMILES string of the molecule is COc1cc(Nc2ccc(NS(=O)(=O)c3ccc4ccccc4c3)cc2)nc(C)n1. The molecule has 30 heavy (non-hydrogen) atoms. The summed E-state index contributed by atoms with van der Waals surface area (Å²) in [5.41, 5.74) is 1.22. The van der Waals surface area contributed by atoms with Crippen molar-refractivity contribution in [3.8, 4) is 5.88 Å². The molecule has 0 aliphatic carbocycles. The summed E-state index contributed by atoms with van der Waals surface area (Å²) in [5, 5.41) is 5.01. The largest absolute Gasteiger partial charge is 0.481 e. The van der Waals surface area contributed by atoms with Crippen LogP contribution in [-0.2, 0) is 10.0 Å². The minimum absolute atomic E-state index is 0.215. The lowest BCUT2D eigenvalue weighted by Gasteiger charge is -2.11. The summed E-state index contributed by atoms with van der Waals surface area (Å²) in [6.45, 7) is 1.78. The number of nitrogens with zero attached hydrogens (tertiary/aromatic N) is 2. The van der Waals surface area contributed by atoms with Crippen LogP contribution >= 0.6 is 0 Å². The Morgan fingerprint density at radius 3 is 2.27 bits per heavy atom. The summed E-state index contributed by atoms with van der Waals surface area (Å²) >= 11 is 0. The third kappa shape index (κ3) is 4.33. The van der Waals surface area contributed by atoms with E-state index in [1.807, 2.05) is 24.3 Å². The van der Waals surface area contributed by atoms with Gasteiger partial charge in [-0.15, -0.1) is 0 Å². The fourth-order valence-corrected chi connectivity index (χ4v) is 4.12. The van der Waals surface area contributed by atoms with Crippen LogP contribution in [0.15, 0.2) is 77.7 Å². The molecule has 2 N–H and O–H groups in total. The number of fused-ring (bicyclic) bond motifs is 1. The second-order valence-corrected chi connectivity index (χ2v) is 8.34. The minimum atomic E-state index is -3.70. The van der Waals surface area contributed by atoms with Crippen LogP contribution in [0, 0.1) is 6.92 Å². The van der Waals surface area contributed by atoms with Gasteiger partial charge in [0.05, 0.1) is 12.0 Å². The zero-order chi connectivity index (χ0) is 21.1. The average molecular weight is 420 g/mol. The maximum absolute atomic E-state index is 12.8. The Balaban J connectivity index is 1.51. The topological polar surface area (TPSA) is 93.2 Å². The summed E-state index contributed by atoms with van der Waals surface area (Å²) in [5.74, 6) is 1.63. The van der Waals surface area contributed by atoms with E-state index in [1.165, 1.54) is 0 Å². The van der Waals surface area contributed by atoms with Gasteiger partial charge >= 0.3 is 0 Å². The zero-order valence-corrected chi connectivity index (χ0v) is 17.3. The second kappa shape index (κ2) is 8.00. The highest BCUT2D eigenvalue weighted by atomic mass is 32.2. The first kappa shape index (κ1) is 19.7. The van der Waals surface area contributed by atoms with Crippen LogP contribution in [0.4, 0.5) is 17.2 Å². The molecular weight excluding hydrogens is 400 g/mol. The molecule has 0 spiro atoms. The number of hydrogen-bond acceptors (Lipinski definition) is 6. The molecule has 0 radical (unpaired) electrons. The number of sulfonamides is 1. The Labute approximate surface area is 174 Å². The highest BCUT2D eigenvalue weighted by Gasteiger charge is 2.14. The van der Waals surface area contributed by atoms with E-state index < -0.39 is 10.0 Å². The van der Waals surface area contributed by atoms with Gasteiger partial charge < -0.3 is 10.1 Å². The molecule has 0 bridgehead atoms. The Bertz CT molecular complexity index is 1310. The first-order valence-corrected chi connectivity index (χ1v) is 10.7. The monoisotopic (exact) mass is 420 g/mol. The van der Waals surface area contributed by atoms with Gasteiger partial charge in [-0.3, -0.25) is 4.72 Å². The molecule has 7 nitrogen and oxygen atoms in total. The van der Waals surface area contributed by atoms with Crippen molar-refractivity contribution in [2.45, 2.75) is 11.8 Å². The van der Waals surface area contributed by atoms with Crippen LogP contribution in [-0.4, -0.2) is 25.5 Å². The van der Waals surface area contributed by atoms with Crippen molar-refractivity contribution < 1.29 is 13.2 Å². The van der Waals surface area contributed by atoms with Gasteiger partial charge in [0.2, 0.25) is 5.88 Å². The number of anilines is 3. The molecule has 0 saturated heterocycles. The number of nitrogens with one attached hydrogen (secondary N) is 2. The quantitative estimate of drug-likeness (QED) is 0.477. The van der Waals surface area contributed by atoms with Gasteiger partial charge in [0.15, 0.2) is 0 Å². The van der Waals surface area contributed by atoms with Gasteiger partial charge in [-0.25, -0.2) is 13.4 Å². The van der Waals surface area contributed by atoms with Crippen molar-refractivity contribution in [2.24, 2.45) is 0 Å². The molecule has 0 saturated carbocycles. The van der Waals surface area contributed by atoms with Gasteiger partial charge in [-0.2, -0.15) is 4.98 Å². The van der Waals surface area contributed by atoms with E-state index >= 15 is 0 Å². The molecule has 1 aromatic heterocycles. The minimum Gasteiger partial charge on any atom is -0.481 e. The molecule has 8 heteroatoms. The van der Waals surface area contributed by atoms with E-state index in [4.69, 9.17) is 4.74 Å². The van der Waals surface area contributed by atoms with Gasteiger partial charge in [-0.05, 0) is 54.1 Å². The lowest BCUT2D eigenvalue weighted by atomic mass is 10.1. The molecule has 4 rings (SSSR count). The normalized spacial score (nSPS) is 11.3. The first-order chi connectivity index (χ1) is 14.4. The fraction of sp³-hybridized carbons (Fsp3) is 0.0909. The van der Waals surface area contributed by atoms with Crippen molar-refractivity contribution in [2.75, 3.05) is 17.1 Å². The van der Waals surface area contributed by atoms with Crippen LogP contribution in [0.5, 0.6) is 5.88 Å². The summed E-state index contributed by atoms with van der Waals surface area (Å²) in [6, 6.07) is 21.3. The number of aromatic nitrogens is 2. The summed E-state index contributed by atoms with van der Waals surface area (Å²) < 4.78 is 33.3. The first-order valence-electron chi connectivity index (χ1n) is 9.21. The highest BCUT2D eigenvalue weighted by molar-refractivity contribution is 7.92. The summed E-state index contributed by atoms with van der Waals surface area (Å²) in [6.07, 6.45) is 0. The molecule has 4 aromatic rings. The third-order valence-corrected chi connectivity index (χ3v) is 5.84. The fourth-order valence-electron chi connectivity index (χ4n) is 3.03. The van der Waals surface area contributed by atoms with Crippen molar-refractivity contribution in [3.05, 3.63) is 78.6 Å². The van der Waals surface area contributed by atoms with Crippen molar-refractivity contribution in [3.63, 3.8) is 0 Å². The lowest BCUT2D eigenvalue weighted by Crippen LogP contribution is -2.12. The van der Waals surface area contributed by atoms with Crippen LogP contribution in [0.25, 0.3) is 10.8 Å². The molecular formula is C22H20N4O3S. The van der Waals surface area contributed by atoms with E-state index in [9.17, 15) is 8.42 Å². The molecule has 0 unspecified atom stereocenters. The Morgan fingerprint density at radius 2 is 1.53 bits per heavy atom. The number of benzene rings is 3. The molecule has 0 amide bonds. The number of rotatable bonds is 6. The lowest BCUT2D eigenvalue weighted by molar-refractivity contribution is 0.396. The Kier molecular flexibility index (Phi) is 5.24. The molecule has 152 valence electrons. The molecule has 0 aliphatic heterocycles. The predicted octanol–water partition coefficient (Wildman–Crippen LogP) is 4.49. The van der Waals surface area contributed by atoms with Gasteiger partial charge in [0, 0.05) is 17.4 Å². The summed E-state index contributed by atoms with van der Waals surface area (Å²) in [4.78, 5) is 8.67. The number of hydrogen-bond donors (Lipinski definition) is 2. The molecule has 0 atom stereocenters. The zero-order valence-electron chi connectivity index (χ0n) is 16.5. The van der Waals surface area contributed by atoms with Crippen LogP contribution < -0.4 is 14.8 Å². The van der Waals surface area contributed by atoms with Crippen molar-refractivity contribution in [1.82, 2.24) is 9.97 Å². The molecule has 0 aliphatic rings. The smallest absolute Gasteiger partial charge is 0.261 e. The number of aryl methyl sites for hydroxylation is 1.